The standard InChI is InChI=1S/C21H42N6O/c1-6-22-20(23-16-18(3)27-14-12-26(7-2)13-15-27)24-17-21(10-8-9-11-21)19(28)25(4)5/h18H,6-17H2,1-5H3,(H2,22,23,24). The van der Waals surface area contributed by atoms with Gasteiger partial charge in [-0.15, -0.1) is 0 Å². The summed E-state index contributed by atoms with van der Waals surface area (Å²) < 4.78 is 0. The average Bonchev–Trinajstić information content (AvgIpc) is 3.19. The second-order valence-corrected chi connectivity index (χ2v) is 8.58. The number of hydrogen-bond donors (Lipinski definition) is 2. The van der Waals surface area contributed by atoms with E-state index in [9.17, 15) is 4.79 Å². The first-order valence-electron chi connectivity index (χ1n) is 11.1. The summed E-state index contributed by atoms with van der Waals surface area (Å²) in [4.78, 5) is 24.4. The van der Waals surface area contributed by atoms with Gasteiger partial charge in [-0.1, -0.05) is 19.8 Å². The number of guanidine groups is 1. The number of nitrogens with one attached hydrogen (secondary N) is 2. The van der Waals surface area contributed by atoms with Crippen LogP contribution in [0.25, 0.3) is 0 Å². The maximum absolute atomic E-state index is 12.8. The largest absolute Gasteiger partial charge is 0.357 e. The predicted octanol–water partition coefficient (Wildman–Crippen LogP) is 1.22. The van der Waals surface area contributed by atoms with Crippen LogP contribution in [-0.2, 0) is 4.79 Å². The molecule has 2 aliphatic rings. The molecule has 1 saturated carbocycles. The van der Waals surface area contributed by atoms with Crippen LogP contribution in [0.5, 0.6) is 0 Å². The second kappa shape index (κ2) is 11.0. The van der Waals surface area contributed by atoms with Crippen LogP contribution in [0, 0.1) is 5.41 Å². The van der Waals surface area contributed by atoms with Crippen LogP contribution < -0.4 is 10.6 Å². The van der Waals surface area contributed by atoms with Gasteiger partial charge in [-0.3, -0.25) is 14.7 Å². The van der Waals surface area contributed by atoms with E-state index in [0.717, 1.165) is 77.5 Å². The van der Waals surface area contributed by atoms with E-state index in [2.05, 4.69) is 41.2 Å². The molecular weight excluding hydrogens is 352 g/mol. The molecular formula is C21H42N6O. The molecule has 28 heavy (non-hydrogen) atoms. The number of amides is 1. The van der Waals surface area contributed by atoms with Crippen molar-refractivity contribution < 1.29 is 4.79 Å². The van der Waals surface area contributed by atoms with Gasteiger partial charge in [-0.2, -0.15) is 0 Å². The molecule has 2 fully saturated rings. The number of aliphatic imine (C=N–C) groups is 1. The van der Waals surface area contributed by atoms with E-state index in [4.69, 9.17) is 4.99 Å². The maximum atomic E-state index is 12.8. The third-order valence-corrected chi connectivity index (χ3v) is 6.35. The first-order valence-corrected chi connectivity index (χ1v) is 11.1. The van der Waals surface area contributed by atoms with Crippen molar-refractivity contribution in [3.05, 3.63) is 0 Å². The lowest BCUT2D eigenvalue weighted by Gasteiger charge is -2.37. The molecule has 0 aromatic heterocycles. The molecule has 1 aliphatic carbocycles. The van der Waals surface area contributed by atoms with Crippen molar-refractivity contribution in [1.82, 2.24) is 25.3 Å². The molecule has 7 heteroatoms. The molecule has 1 unspecified atom stereocenters. The van der Waals surface area contributed by atoms with Crippen molar-refractivity contribution in [3.8, 4) is 0 Å². The molecule has 162 valence electrons. The molecule has 2 N–H and O–H groups in total. The van der Waals surface area contributed by atoms with Gasteiger partial charge in [0.1, 0.15) is 0 Å². The minimum absolute atomic E-state index is 0.228. The first-order chi connectivity index (χ1) is 13.4. The van der Waals surface area contributed by atoms with Crippen molar-refractivity contribution in [2.75, 3.05) is 66.5 Å². The van der Waals surface area contributed by atoms with E-state index in [0.29, 0.717) is 12.6 Å². The Balaban J connectivity index is 1.91. The van der Waals surface area contributed by atoms with Crippen LogP contribution in [0.2, 0.25) is 0 Å². The fourth-order valence-electron chi connectivity index (χ4n) is 4.43. The number of nitrogens with zero attached hydrogens (tertiary/aromatic N) is 4. The number of carbonyl (C=O) groups excluding carboxylic acids is 1. The highest BCUT2D eigenvalue weighted by molar-refractivity contribution is 5.84. The Kier molecular flexibility index (Phi) is 9.02. The van der Waals surface area contributed by atoms with E-state index >= 15 is 0 Å². The second-order valence-electron chi connectivity index (χ2n) is 8.58. The number of carbonyl (C=O) groups is 1. The quantitative estimate of drug-likeness (QED) is 0.479. The lowest BCUT2D eigenvalue weighted by Crippen LogP contribution is -2.53. The summed E-state index contributed by atoms with van der Waals surface area (Å²) in [5, 5.41) is 6.86. The van der Waals surface area contributed by atoms with Gasteiger partial charge in [0.15, 0.2) is 5.96 Å². The Labute approximate surface area is 171 Å². The third-order valence-electron chi connectivity index (χ3n) is 6.35. The molecule has 0 aromatic rings. The third kappa shape index (κ3) is 6.08. The monoisotopic (exact) mass is 394 g/mol. The van der Waals surface area contributed by atoms with Gasteiger partial charge < -0.3 is 20.4 Å². The fourth-order valence-corrected chi connectivity index (χ4v) is 4.43. The van der Waals surface area contributed by atoms with Crippen molar-refractivity contribution in [2.24, 2.45) is 10.4 Å². The van der Waals surface area contributed by atoms with E-state index in [1.165, 1.54) is 0 Å². The molecule has 0 spiro atoms. The van der Waals surface area contributed by atoms with Crippen LogP contribution >= 0.6 is 0 Å². The Morgan fingerprint density at radius 2 is 1.75 bits per heavy atom. The Bertz CT molecular complexity index is 507. The highest BCUT2D eigenvalue weighted by Crippen LogP contribution is 2.39. The van der Waals surface area contributed by atoms with Crippen molar-refractivity contribution in [3.63, 3.8) is 0 Å². The minimum atomic E-state index is -0.312. The van der Waals surface area contributed by atoms with Crippen molar-refractivity contribution in [2.45, 2.75) is 52.5 Å². The molecule has 2 rings (SSSR count). The zero-order valence-corrected chi connectivity index (χ0v) is 18.8. The Morgan fingerprint density at radius 1 is 1.11 bits per heavy atom. The van der Waals surface area contributed by atoms with Gasteiger partial charge in [0.05, 0.1) is 12.0 Å². The zero-order valence-electron chi connectivity index (χ0n) is 18.8. The predicted molar refractivity (Wildman–Crippen MR) is 117 cm³/mol. The molecule has 1 saturated heterocycles. The molecule has 0 aromatic carbocycles. The highest BCUT2D eigenvalue weighted by atomic mass is 16.2. The van der Waals surface area contributed by atoms with E-state index in [-0.39, 0.29) is 11.3 Å². The summed E-state index contributed by atoms with van der Waals surface area (Å²) in [6, 6.07) is 0.465. The number of piperazine rings is 1. The Morgan fingerprint density at radius 3 is 2.29 bits per heavy atom. The fraction of sp³-hybridized carbons (Fsp3) is 0.905. The van der Waals surface area contributed by atoms with Crippen LogP contribution in [0.15, 0.2) is 4.99 Å². The van der Waals surface area contributed by atoms with Gasteiger partial charge in [0, 0.05) is 59.4 Å². The van der Waals surface area contributed by atoms with Gasteiger partial charge in [0.2, 0.25) is 5.91 Å². The first kappa shape index (κ1) is 22.9. The summed E-state index contributed by atoms with van der Waals surface area (Å²) in [6.45, 7) is 14.6. The van der Waals surface area contributed by atoms with Crippen LogP contribution in [0.4, 0.5) is 0 Å². The van der Waals surface area contributed by atoms with Crippen LogP contribution in [-0.4, -0.2) is 99.1 Å². The van der Waals surface area contributed by atoms with Crippen molar-refractivity contribution in [1.29, 1.82) is 0 Å². The van der Waals surface area contributed by atoms with Gasteiger partial charge >= 0.3 is 0 Å². The lowest BCUT2D eigenvalue weighted by atomic mass is 9.85. The average molecular weight is 395 g/mol. The smallest absolute Gasteiger partial charge is 0.230 e. The van der Waals surface area contributed by atoms with E-state index in [1.807, 2.05) is 14.1 Å². The number of rotatable bonds is 8. The van der Waals surface area contributed by atoms with E-state index in [1.54, 1.807) is 4.90 Å². The number of likely N-dealkylation sites (N-methyl/N-ethyl adjacent to an activating group) is 1. The van der Waals surface area contributed by atoms with Crippen LogP contribution in [0.1, 0.15) is 46.5 Å². The summed E-state index contributed by atoms with van der Waals surface area (Å²) >= 11 is 0. The van der Waals surface area contributed by atoms with Crippen LogP contribution in [0.3, 0.4) is 0 Å². The summed E-state index contributed by atoms with van der Waals surface area (Å²) in [5.74, 6) is 1.06. The van der Waals surface area contributed by atoms with Gasteiger partial charge in [-0.05, 0) is 33.2 Å². The molecule has 7 nitrogen and oxygen atoms in total. The summed E-state index contributed by atoms with van der Waals surface area (Å²) in [6.07, 6.45) is 4.15. The Hall–Kier alpha value is -1.34. The lowest BCUT2D eigenvalue weighted by molar-refractivity contribution is -0.138. The number of hydrogen-bond acceptors (Lipinski definition) is 4. The van der Waals surface area contributed by atoms with Gasteiger partial charge in [0.25, 0.3) is 0 Å². The van der Waals surface area contributed by atoms with Gasteiger partial charge in [-0.25, -0.2) is 0 Å². The minimum Gasteiger partial charge on any atom is -0.357 e. The topological polar surface area (TPSA) is 63.2 Å². The van der Waals surface area contributed by atoms with E-state index < -0.39 is 0 Å². The van der Waals surface area contributed by atoms with Crippen molar-refractivity contribution >= 4 is 11.9 Å². The molecule has 0 bridgehead atoms. The summed E-state index contributed by atoms with van der Waals surface area (Å²) in [7, 11) is 3.71. The molecule has 1 amide bonds. The molecule has 0 radical (unpaired) electrons. The molecule has 1 heterocycles. The highest BCUT2D eigenvalue weighted by Gasteiger charge is 2.42. The maximum Gasteiger partial charge on any atom is 0.230 e. The molecule has 1 atom stereocenters. The zero-order chi connectivity index (χ0) is 20.6. The normalized spacial score (nSPS) is 22.1. The SMILES string of the molecule is CCNC(=NCC1(C(=O)N(C)C)CCCC1)NCC(C)N1CCN(CC)CC1. The molecule has 1 aliphatic heterocycles. The summed E-state index contributed by atoms with van der Waals surface area (Å²) in [5.41, 5.74) is -0.312.